The topological polar surface area (TPSA) is 36.3 Å². The van der Waals surface area contributed by atoms with Crippen molar-refractivity contribution in [2.75, 3.05) is 13.1 Å². The van der Waals surface area contributed by atoms with Crippen molar-refractivity contribution < 1.29 is 4.39 Å². The van der Waals surface area contributed by atoms with Crippen molar-refractivity contribution >= 4 is 32.6 Å². The van der Waals surface area contributed by atoms with Crippen molar-refractivity contribution in [1.82, 2.24) is 19.5 Å². The molecule has 0 bridgehead atoms. The number of aromatic amines is 1. The van der Waals surface area contributed by atoms with Crippen LogP contribution in [0.3, 0.4) is 0 Å². The number of halogens is 2. The third-order valence-corrected chi connectivity index (χ3v) is 6.15. The first kappa shape index (κ1) is 16.1. The fourth-order valence-corrected chi connectivity index (χ4v) is 4.49. The Balaban J connectivity index is 1.79. The van der Waals surface area contributed by atoms with E-state index in [1.807, 2.05) is 10.7 Å². The molecule has 1 fully saturated rings. The molecule has 0 saturated carbocycles. The van der Waals surface area contributed by atoms with Crippen molar-refractivity contribution in [3.05, 3.63) is 34.2 Å². The zero-order chi connectivity index (χ0) is 17.1. The second-order valence-electron chi connectivity index (χ2n) is 7.42. The van der Waals surface area contributed by atoms with Crippen molar-refractivity contribution in [3.8, 4) is 0 Å². The van der Waals surface area contributed by atoms with Crippen molar-refractivity contribution in [2.45, 2.75) is 45.1 Å². The molecule has 128 valence electrons. The highest BCUT2D eigenvalue weighted by Gasteiger charge is 2.35. The minimum atomic E-state index is -0.253. The summed E-state index contributed by atoms with van der Waals surface area (Å²) in [6, 6.07) is 3.61. The van der Waals surface area contributed by atoms with E-state index in [-0.39, 0.29) is 11.2 Å². The molecule has 0 amide bonds. The maximum atomic E-state index is 13.7. The lowest BCUT2D eigenvalue weighted by molar-refractivity contribution is 0.137. The van der Waals surface area contributed by atoms with Gasteiger partial charge in [-0.3, -0.25) is 0 Å². The summed E-state index contributed by atoms with van der Waals surface area (Å²) in [5.74, 6) is -0.253. The summed E-state index contributed by atoms with van der Waals surface area (Å²) in [5.41, 5.74) is 3.97. The minimum Gasteiger partial charge on any atom is -0.338 e. The van der Waals surface area contributed by atoms with Gasteiger partial charge in [0.25, 0.3) is 0 Å². The molecule has 0 aliphatic carbocycles. The third kappa shape index (κ3) is 2.39. The Hall–Kier alpha value is -1.40. The maximum Gasteiger partial charge on any atom is 0.138 e. The summed E-state index contributed by atoms with van der Waals surface area (Å²) >= 11 is 3.46. The zero-order valence-corrected chi connectivity index (χ0v) is 15.8. The SMILES string of the molecule is CC(C)N1CCC(C)(c2cnn3c2[nH]c2cc(F)cc(Br)c23)CC1. The number of fused-ring (bicyclic) bond motifs is 3. The molecule has 24 heavy (non-hydrogen) atoms. The van der Waals surface area contributed by atoms with E-state index < -0.39 is 0 Å². The van der Waals surface area contributed by atoms with E-state index in [1.54, 1.807) is 0 Å². The first-order valence-corrected chi connectivity index (χ1v) is 9.27. The Morgan fingerprint density at radius 2 is 2.00 bits per heavy atom. The van der Waals surface area contributed by atoms with E-state index in [2.05, 4.69) is 51.7 Å². The van der Waals surface area contributed by atoms with Crippen molar-refractivity contribution in [1.29, 1.82) is 0 Å². The average Bonchev–Trinajstić information content (AvgIpc) is 3.05. The van der Waals surface area contributed by atoms with Crippen LogP contribution in [0.1, 0.15) is 39.2 Å². The molecule has 0 radical (unpaired) electrons. The second kappa shape index (κ2) is 5.56. The van der Waals surface area contributed by atoms with Crippen LogP contribution < -0.4 is 0 Å². The standard InChI is InChI=1S/C18H22BrFN4/c1-11(2)23-6-4-18(3,5-7-23)13-10-21-24-16-14(19)8-12(20)9-15(16)22-17(13)24/h8-11,22H,4-7H2,1-3H3. The van der Waals surface area contributed by atoms with Crippen LogP contribution in [0.5, 0.6) is 0 Å². The molecule has 0 spiro atoms. The first-order chi connectivity index (χ1) is 11.4. The van der Waals surface area contributed by atoms with Crippen LogP contribution in [0.4, 0.5) is 4.39 Å². The summed E-state index contributed by atoms with van der Waals surface area (Å²) < 4.78 is 16.3. The van der Waals surface area contributed by atoms with Crippen molar-refractivity contribution in [3.63, 3.8) is 0 Å². The number of aromatic nitrogens is 3. The summed E-state index contributed by atoms with van der Waals surface area (Å²) in [7, 11) is 0. The molecule has 1 N–H and O–H groups in total. The fraction of sp³-hybridized carbons (Fsp3) is 0.500. The number of nitrogens with zero attached hydrogens (tertiary/aromatic N) is 3. The van der Waals surface area contributed by atoms with Gasteiger partial charge in [-0.15, -0.1) is 0 Å². The van der Waals surface area contributed by atoms with Gasteiger partial charge in [-0.1, -0.05) is 6.92 Å². The molecule has 1 aliphatic heterocycles. The highest BCUT2D eigenvalue weighted by Crippen LogP contribution is 2.39. The first-order valence-electron chi connectivity index (χ1n) is 8.48. The van der Waals surface area contributed by atoms with Gasteiger partial charge in [0, 0.05) is 21.5 Å². The van der Waals surface area contributed by atoms with Crippen LogP contribution in [-0.4, -0.2) is 38.6 Å². The number of piperidine rings is 1. The maximum absolute atomic E-state index is 13.7. The quantitative estimate of drug-likeness (QED) is 0.697. The number of rotatable bonds is 2. The Labute approximate surface area is 149 Å². The molecule has 0 unspecified atom stereocenters. The molecule has 6 heteroatoms. The monoisotopic (exact) mass is 392 g/mol. The number of benzene rings is 1. The van der Waals surface area contributed by atoms with Gasteiger partial charge in [-0.25, -0.2) is 8.91 Å². The number of H-pyrrole nitrogens is 1. The van der Waals surface area contributed by atoms with Gasteiger partial charge >= 0.3 is 0 Å². The molecular weight excluding hydrogens is 371 g/mol. The highest BCUT2D eigenvalue weighted by molar-refractivity contribution is 9.10. The van der Waals surface area contributed by atoms with E-state index in [0.717, 1.165) is 47.1 Å². The predicted octanol–water partition coefficient (Wildman–Crippen LogP) is 4.48. The third-order valence-electron chi connectivity index (χ3n) is 5.54. The van der Waals surface area contributed by atoms with Crippen molar-refractivity contribution in [2.24, 2.45) is 0 Å². The smallest absolute Gasteiger partial charge is 0.138 e. The Kier molecular flexibility index (Phi) is 3.73. The summed E-state index contributed by atoms with van der Waals surface area (Å²) in [6.07, 6.45) is 4.20. The van der Waals surface area contributed by atoms with Gasteiger partial charge in [-0.05, 0) is 67.8 Å². The van der Waals surface area contributed by atoms with Gasteiger partial charge in [0.2, 0.25) is 0 Å². The molecule has 1 saturated heterocycles. The molecule has 2 aromatic heterocycles. The lowest BCUT2D eigenvalue weighted by Crippen LogP contribution is -2.43. The van der Waals surface area contributed by atoms with Gasteiger partial charge in [0.1, 0.15) is 17.0 Å². The summed E-state index contributed by atoms with van der Waals surface area (Å²) in [4.78, 5) is 5.91. The molecule has 4 nitrogen and oxygen atoms in total. The lowest BCUT2D eigenvalue weighted by atomic mass is 9.75. The van der Waals surface area contributed by atoms with Crippen LogP contribution in [0.15, 0.2) is 22.8 Å². The number of imidazole rings is 1. The Morgan fingerprint density at radius 3 is 2.67 bits per heavy atom. The van der Waals surface area contributed by atoms with Crippen LogP contribution in [0, 0.1) is 5.82 Å². The fourth-order valence-electron chi connectivity index (χ4n) is 3.89. The number of likely N-dealkylation sites (tertiary alicyclic amines) is 1. The van der Waals surface area contributed by atoms with Crippen LogP contribution in [0.25, 0.3) is 16.7 Å². The number of nitrogens with one attached hydrogen (secondary N) is 1. The van der Waals surface area contributed by atoms with Gasteiger partial charge in [0.15, 0.2) is 0 Å². The lowest BCUT2D eigenvalue weighted by Gasteiger charge is -2.40. The molecule has 4 rings (SSSR count). The summed E-state index contributed by atoms with van der Waals surface area (Å²) in [5, 5.41) is 4.59. The largest absolute Gasteiger partial charge is 0.338 e. The zero-order valence-electron chi connectivity index (χ0n) is 14.2. The Bertz CT molecular complexity index is 903. The number of hydrogen-bond donors (Lipinski definition) is 1. The molecule has 1 aromatic carbocycles. The summed E-state index contributed by atoms with van der Waals surface area (Å²) in [6.45, 7) is 9.03. The Morgan fingerprint density at radius 1 is 1.29 bits per heavy atom. The van der Waals surface area contributed by atoms with Gasteiger partial charge in [0.05, 0.1) is 11.7 Å². The van der Waals surface area contributed by atoms with Crippen LogP contribution in [0.2, 0.25) is 0 Å². The van der Waals surface area contributed by atoms with E-state index in [0.29, 0.717) is 6.04 Å². The van der Waals surface area contributed by atoms with Gasteiger partial charge in [-0.2, -0.15) is 5.10 Å². The van der Waals surface area contributed by atoms with Gasteiger partial charge < -0.3 is 9.88 Å². The average molecular weight is 393 g/mol. The van der Waals surface area contributed by atoms with Crippen LogP contribution >= 0.6 is 15.9 Å². The molecule has 3 heterocycles. The molecule has 0 atom stereocenters. The van der Waals surface area contributed by atoms with E-state index in [4.69, 9.17) is 0 Å². The molecule has 3 aromatic rings. The highest BCUT2D eigenvalue weighted by atomic mass is 79.9. The second-order valence-corrected chi connectivity index (χ2v) is 8.27. The molecule has 1 aliphatic rings. The molecular formula is C18H22BrFN4. The van der Waals surface area contributed by atoms with E-state index in [1.165, 1.54) is 17.7 Å². The van der Waals surface area contributed by atoms with Crippen LogP contribution in [-0.2, 0) is 5.41 Å². The predicted molar refractivity (Wildman–Crippen MR) is 98.0 cm³/mol. The number of hydrogen-bond acceptors (Lipinski definition) is 2. The van der Waals surface area contributed by atoms with E-state index in [9.17, 15) is 4.39 Å². The normalized spacial score (nSPS) is 18.9. The minimum absolute atomic E-state index is 0.0963. The van der Waals surface area contributed by atoms with E-state index >= 15 is 0 Å².